The van der Waals surface area contributed by atoms with Gasteiger partial charge in [-0.3, -0.25) is 4.79 Å². The van der Waals surface area contributed by atoms with E-state index >= 15 is 0 Å². The zero-order valence-corrected chi connectivity index (χ0v) is 32.5. The SMILES string of the molecule is CCCCC(CC)Cn1c2ccc(C(=O)c3c(C)cc(C)cc3C)cc2c2cc(/C(=N\OC(C)=O)c3ccc(OCC(F)(F)C(F)F)cc3)c3ccccc3c21. The Kier molecular flexibility index (Phi) is 12.0. The maximum absolute atomic E-state index is 14.2. The Labute approximate surface area is 324 Å². The Hall–Kier alpha value is -5.51. The van der Waals surface area contributed by atoms with Crippen molar-refractivity contribution >= 4 is 50.0 Å². The summed E-state index contributed by atoms with van der Waals surface area (Å²) in [7, 11) is 0. The van der Waals surface area contributed by atoms with E-state index in [-0.39, 0.29) is 17.2 Å². The molecule has 0 aliphatic rings. The summed E-state index contributed by atoms with van der Waals surface area (Å²) >= 11 is 0. The lowest BCUT2D eigenvalue weighted by Gasteiger charge is -2.19. The first-order valence-electron chi connectivity index (χ1n) is 19.0. The van der Waals surface area contributed by atoms with Gasteiger partial charge in [0.15, 0.2) is 12.4 Å². The van der Waals surface area contributed by atoms with Gasteiger partial charge in [0, 0.05) is 57.4 Å². The van der Waals surface area contributed by atoms with Gasteiger partial charge in [0.2, 0.25) is 0 Å². The van der Waals surface area contributed by atoms with Crippen LogP contribution in [0.2, 0.25) is 0 Å². The Bertz CT molecular complexity index is 2430. The Morgan fingerprint density at radius 2 is 1.48 bits per heavy atom. The summed E-state index contributed by atoms with van der Waals surface area (Å²) in [5, 5.41) is 7.78. The summed E-state index contributed by atoms with van der Waals surface area (Å²) in [6.45, 7) is 10.8. The molecule has 56 heavy (non-hydrogen) atoms. The Morgan fingerprint density at radius 1 is 0.821 bits per heavy atom. The third kappa shape index (κ3) is 8.20. The summed E-state index contributed by atoms with van der Waals surface area (Å²) in [4.78, 5) is 31.6. The standard InChI is InChI=1S/C46H46F4N2O4/c1-7-9-12-31(8-2)25-52-40-20-17-33(44(54)41-28(4)21-27(3)22-29(41)5)23-37(40)39-24-38(35-13-10-11-14-36(35)43(39)52)42(51-56-30(6)53)32-15-18-34(19-16-32)55-26-46(49,50)45(47)48/h10-11,13-24,31,45H,7-9,12,25-26H2,1-6H3/b51-42-. The van der Waals surface area contributed by atoms with Crippen molar-refractivity contribution in [2.24, 2.45) is 11.1 Å². The quantitative estimate of drug-likeness (QED) is 0.0343. The zero-order valence-electron chi connectivity index (χ0n) is 32.5. The number of hydrogen-bond donors (Lipinski definition) is 0. The molecule has 6 rings (SSSR count). The van der Waals surface area contributed by atoms with Crippen molar-refractivity contribution in [2.75, 3.05) is 6.61 Å². The highest BCUT2D eigenvalue weighted by Gasteiger charge is 2.41. The largest absolute Gasteiger partial charge is 0.487 e. The fourth-order valence-electron chi connectivity index (χ4n) is 7.67. The van der Waals surface area contributed by atoms with Crippen LogP contribution in [0.5, 0.6) is 5.75 Å². The lowest BCUT2D eigenvalue weighted by Crippen LogP contribution is -2.33. The van der Waals surface area contributed by atoms with Crippen molar-refractivity contribution in [2.45, 2.75) is 86.1 Å². The van der Waals surface area contributed by atoms with E-state index in [1.807, 2.05) is 81.4 Å². The van der Waals surface area contributed by atoms with E-state index in [9.17, 15) is 27.2 Å². The third-order valence-corrected chi connectivity index (χ3v) is 10.4. The highest BCUT2D eigenvalue weighted by atomic mass is 19.3. The van der Waals surface area contributed by atoms with Gasteiger partial charge in [-0.2, -0.15) is 8.78 Å². The minimum absolute atomic E-state index is 0.0471. The molecule has 0 saturated heterocycles. The molecule has 0 aliphatic heterocycles. The van der Waals surface area contributed by atoms with Gasteiger partial charge in [-0.05, 0) is 98.2 Å². The first-order chi connectivity index (χ1) is 26.7. The van der Waals surface area contributed by atoms with E-state index in [0.29, 0.717) is 28.2 Å². The number of aromatic nitrogens is 1. The van der Waals surface area contributed by atoms with E-state index in [4.69, 9.17) is 9.57 Å². The smallest absolute Gasteiger partial charge is 0.340 e. The monoisotopic (exact) mass is 766 g/mol. The molecule has 1 heterocycles. The van der Waals surface area contributed by atoms with Crippen LogP contribution in [0.15, 0.2) is 90.1 Å². The minimum Gasteiger partial charge on any atom is -0.487 e. The highest BCUT2D eigenvalue weighted by molar-refractivity contribution is 6.27. The normalized spacial score (nSPS) is 12.9. The van der Waals surface area contributed by atoms with Crippen LogP contribution in [0.25, 0.3) is 32.6 Å². The number of unbranched alkanes of at least 4 members (excludes halogenated alkanes) is 1. The molecule has 292 valence electrons. The van der Waals surface area contributed by atoms with E-state index in [1.54, 1.807) is 12.1 Å². The number of alkyl halides is 4. The average Bonchev–Trinajstić information content (AvgIpc) is 3.47. The molecule has 6 nitrogen and oxygen atoms in total. The number of nitrogens with zero attached hydrogens (tertiary/aromatic N) is 2. The van der Waals surface area contributed by atoms with Crippen LogP contribution >= 0.6 is 0 Å². The van der Waals surface area contributed by atoms with Gasteiger partial charge in [0.25, 0.3) is 0 Å². The Balaban J connectivity index is 1.59. The average molecular weight is 767 g/mol. The van der Waals surface area contributed by atoms with Gasteiger partial charge in [-0.25, -0.2) is 13.6 Å². The maximum Gasteiger partial charge on any atom is 0.340 e. The lowest BCUT2D eigenvalue weighted by molar-refractivity contribution is -0.148. The summed E-state index contributed by atoms with van der Waals surface area (Å²) in [6, 6.07) is 25.7. The summed E-state index contributed by atoms with van der Waals surface area (Å²) < 4.78 is 60.1. The van der Waals surface area contributed by atoms with Crippen LogP contribution in [-0.2, 0) is 16.2 Å². The molecule has 1 atom stereocenters. The van der Waals surface area contributed by atoms with Gasteiger partial charge in [0.1, 0.15) is 11.5 Å². The minimum atomic E-state index is -4.32. The molecule has 0 aliphatic carbocycles. The van der Waals surface area contributed by atoms with E-state index in [0.717, 1.165) is 81.5 Å². The van der Waals surface area contributed by atoms with E-state index in [1.165, 1.54) is 19.1 Å². The first-order valence-corrected chi connectivity index (χ1v) is 19.0. The molecule has 0 amide bonds. The molecule has 5 aromatic carbocycles. The number of aryl methyl sites for hydroxylation is 3. The number of carbonyl (C=O) groups excluding carboxylic acids is 2. The van der Waals surface area contributed by atoms with Crippen molar-refractivity contribution in [1.29, 1.82) is 0 Å². The number of oxime groups is 1. The van der Waals surface area contributed by atoms with Crippen LogP contribution in [0.3, 0.4) is 0 Å². The topological polar surface area (TPSA) is 69.9 Å². The molecular formula is C46H46F4N2O4. The van der Waals surface area contributed by atoms with Crippen molar-refractivity contribution in [1.82, 2.24) is 4.57 Å². The molecule has 1 unspecified atom stereocenters. The molecule has 0 fully saturated rings. The predicted molar refractivity (Wildman–Crippen MR) is 215 cm³/mol. The second-order valence-corrected chi connectivity index (χ2v) is 14.6. The van der Waals surface area contributed by atoms with Crippen molar-refractivity contribution in [3.8, 4) is 5.75 Å². The maximum atomic E-state index is 14.2. The van der Waals surface area contributed by atoms with Gasteiger partial charge in [-0.15, -0.1) is 0 Å². The number of carbonyl (C=O) groups is 2. The molecule has 0 bridgehead atoms. The predicted octanol–water partition coefficient (Wildman–Crippen LogP) is 11.9. The molecule has 0 spiro atoms. The first kappa shape index (κ1) is 40.2. The molecule has 1 aromatic heterocycles. The lowest BCUT2D eigenvalue weighted by atomic mass is 9.91. The number of ketones is 1. The summed E-state index contributed by atoms with van der Waals surface area (Å²) in [6.07, 6.45) is 0.416. The fourth-order valence-corrected chi connectivity index (χ4v) is 7.67. The number of fused-ring (bicyclic) bond motifs is 5. The van der Waals surface area contributed by atoms with Gasteiger partial charge in [-0.1, -0.05) is 80.2 Å². The van der Waals surface area contributed by atoms with Crippen molar-refractivity contribution in [3.63, 3.8) is 0 Å². The highest BCUT2D eigenvalue weighted by Crippen LogP contribution is 2.39. The van der Waals surface area contributed by atoms with Crippen LogP contribution in [-0.4, -0.2) is 41.0 Å². The molecular weight excluding hydrogens is 721 g/mol. The third-order valence-electron chi connectivity index (χ3n) is 10.4. The second kappa shape index (κ2) is 16.7. The van der Waals surface area contributed by atoms with E-state index < -0.39 is 24.9 Å². The summed E-state index contributed by atoms with van der Waals surface area (Å²) in [5.41, 5.74) is 7.47. The number of ether oxygens (including phenoxy) is 1. The fraction of sp³-hybridized carbons (Fsp3) is 0.326. The number of halogens is 4. The Morgan fingerprint density at radius 3 is 2.11 bits per heavy atom. The number of benzene rings is 5. The zero-order chi connectivity index (χ0) is 40.3. The van der Waals surface area contributed by atoms with Gasteiger partial charge < -0.3 is 14.1 Å². The van der Waals surface area contributed by atoms with Crippen molar-refractivity contribution < 1.29 is 36.7 Å². The van der Waals surface area contributed by atoms with Gasteiger partial charge in [0.05, 0.1) is 5.52 Å². The van der Waals surface area contributed by atoms with Crippen LogP contribution in [0, 0.1) is 26.7 Å². The molecule has 0 saturated carbocycles. The van der Waals surface area contributed by atoms with E-state index in [2.05, 4.69) is 23.6 Å². The second-order valence-electron chi connectivity index (χ2n) is 14.6. The van der Waals surface area contributed by atoms with Gasteiger partial charge >= 0.3 is 18.3 Å². The van der Waals surface area contributed by atoms with Crippen LogP contribution in [0.1, 0.15) is 90.2 Å². The molecule has 0 radical (unpaired) electrons. The van der Waals surface area contributed by atoms with Crippen LogP contribution < -0.4 is 4.74 Å². The molecule has 6 aromatic rings. The number of hydrogen-bond acceptors (Lipinski definition) is 5. The molecule has 10 heteroatoms. The molecule has 0 N–H and O–H groups in total. The number of rotatable bonds is 15. The summed E-state index contributed by atoms with van der Waals surface area (Å²) in [5.74, 6) is -4.67. The van der Waals surface area contributed by atoms with Crippen LogP contribution in [0.4, 0.5) is 17.6 Å². The van der Waals surface area contributed by atoms with Crippen molar-refractivity contribution in [3.05, 3.63) is 124 Å².